The second-order valence-electron chi connectivity index (χ2n) is 4.50. The number of halogens is 2. The average molecular weight is 286 g/mol. The van der Waals surface area contributed by atoms with Gasteiger partial charge in [0.2, 0.25) is 0 Å². The summed E-state index contributed by atoms with van der Waals surface area (Å²) in [6, 6.07) is 6.37. The van der Waals surface area contributed by atoms with Crippen molar-refractivity contribution in [3.8, 4) is 0 Å². The van der Waals surface area contributed by atoms with E-state index in [0.29, 0.717) is 35.3 Å². The molecule has 1 aliphatic heterocycles. The van der Waals surface area contributed by atoms with Crippen molar-refractivity contribution in [1.29, 1.82) is 0 Å². The van der Waals surface area contributed by atoms with Gasteiger partial charge in [0.05, 0.1) is 0 Å². The first-order chi connectivity index (χ1) is 9.06. The fraction of sp³-hybridized carbons (Fsp3) is 0.462. The Morgan fingerprint density at radius 1 is 1.16 bits per heavy atom. The van der Waals surface area contributed by atoms with Gasteiger partial charge in [-0.3, -0.25) is 4.79 Å². The van der Waals surface area contributed by atoms with Crippen LogP contribution in [-0.4, -0.2) is 54.7 Å². The van der Waals surface area contributed by atoms with Crippen LogP contribution in [0.2, 0.25) is 0 Å². The first-order valence-electron chi connectivity index (χ1n) is 6.09. The number of hydrogen-bond acceptors (Lipinski definition) is 3. The number of benzene rings is 1. The molecule has 2 rings (SSSR count). The van der Waals surface area contributed by atoms with Gasteiger partial charge in [0, 0.05) is 36.6 Å². The Morgan fingerprint density at radius 3 is 2.26 bits per heavy atom. The first-order valence-corrected chi connectivity index (χ1v) is 6.97. The third-order valence-electron chi connectivity index (χ3n) is 3.12. The molecule has 1 fully saturated rings. The average Bonchev–Trinajstić information content (AvgIpc) is 2.39. The number of carbonyl (C=O) groups excluding carboxylic acids is 1. The van der Waals surface area contributed by atoms with Crippen LogP contribution in [0, 0.1) is 0 Å². The van der Waals surface area contributed by atoms with Crippen LogP contribution in [0.25, 0.3) is 0 Å². The summed E-state index contributed by atoms with van der Waals surface area (Å²) in [5.41, 5.74) is 0.558. The lowest BCUT2D eigenvalue weighted by atomic mass is 10.2. The predicted octanol–water partition coefficient (Wildman–Crippen LogP) is 2.39. The van der Waals surface area contributed by atoms with E-state index >= 15 is 0 Å². The summed E-state index contributed by atoms with van der Waals surface area (Å²) in [7, 11) is 2.03. The Balaban J connectivity index is 1.99. The van der Waals surface area contributed by atoms with Gasteiger partial charge in [-0.1, -0.05) is 11.8 Å². The van der Waals surface area contributed by atoms with Gasteiger partial charge < -0.3 is 9.80 Å². The number of hydrogen-bond donors (Lipinski definition) is 0. The van der Waals surface area contributed by atoms with Crippen molar-refractivity contribution < 1.29 is 13.6 Å². The summed E-state index contributed by atoms with van der Waals surface area (Å²) in [5, 5.41) is 0. The molecule has 6 heteroatoms. The zero-order valence-corrected chi connectivity index (χ0v) is 11.5. The lowest BCUT2D eigenvalue weighted by molar-refractivity contribution is 0.0664. The van der Waals surface area contributed by atoms with E-state index in [1.54, 1.807) is 29.2 Å². The molecule has 19 heavy (non-hydrogen) atoms. The summed E-state index contributed by atoms with van der Waals surface area (Å²) in [6.45, 7) is 3.15. The standard InChI is InChI=1S/C13H16F2N2OS/c1-16-6-8-17(9-7-16)12(18)10-2-4-11(5-3-10)19-13(14)15/h2-5,13H,6-9H2,1H3. The third kappa shape index (κ3) is 3.91. The minimum absolute atomic E-state index is 0.0262. The molecule has 1 saturated heterocycles. The number of amides is 1. The molecular weight excluding hydrogens is 270 g/mol. The van der Waals surface area contributed by atoms with Crippen molar-refractivity contribution in [2.24, 2.45) is 0 Å². The van der Waals surface area contributed by atoms with Gasteiger partial charge in [0.1, 0.15) is 0 Å². The fourth-order valence-corrected chi connectivity index (χ4v) is 2.47. The van der Waals surface area contributed by atoms with Crippen LogP contribution in [-0.2, 0) is 0 Å². The zero-order valence-electron chi connectivity index (χ0n) is 10.7. The summed E-state index contributed by atoms with van der Waals surface area (Å²) in [4.78, 5) is 16.6. The van der Waals surface area contributed by atoms with Crippen LogP contribution in [0.3, 0.4) is 0 Å². The molecular formula is C13H16F2N2OS. The second kappa shape index (κ2) is 6.34. The van der Waals surface area contributed by atoms with Crippen molar-refractivity contribution in [1.82, 2.24) is 9.80 Å². The highest BCUT2D eigenvalue weighted by Gasteiger charge is 2.20. The highest BCUT2D eigenvalue weighted by atomic mass is 32.2. The van der Waals surface area contributed by atoms with Crippen molar-refractivity contribution in [3.05, 3.63) is 29.8 Å². The predicted molar refractivity (Wildman–Crippen MR) is 71.7 cm³/mol. The SMILES string of the molecule is CN1CCN(C(=O)c2ccc(SC(F)F)cc2)CC1. The number of alkyl halides is 2. The Bertz CT molecular complexity index is 431. The van der Waals surface area contributed by atoms with Crippen LogP contribution >= 0.6 is 11.8 Å². The summed E-state index contributed by atoms with van der Waals surface area (Å²) < 4.78 is 24.4. The van der Waals surface area contributed by atoms with Gasteiger partial charge in [-0.15, -0.1) is 0 Å². The van der Waals surface area contributed by atoms with Crippen molar-refractivity contribution in [3.63, 3.8) is 0 Å². The fourth-order valence-electron chi connectivity index (χ4n) is 1.97. The zero-order chi connectivity index (χ0) is 13.8. The van der Waals surface area contributed by atoms with Gasteiger partial charge >= 0.3 is 0 Å². The minimum Gasteiger partial charge on any atom is -0.336 e. The highest BCUT2D eigenvalue weighted by Crippen LogP contribution is 2.25. The second-order valence-corrected chi connectivity index (χ2v) is 5.56. The summed E-state index contributed by atoms with van der Waals surface area (Å²) in [6.07, 6.45) is 0. The number of likely N-dealkylation sites (N-methyl/N-ethyl adjacent to an activating group) is 1. The first kappa shape index (κ1) is 14.3. The number of thioether (sulfide) groups is 1. The van der Waals surface area contributed by atoms with E-state index in [-0.39, 0.29) is 5.91 Å². The minimum atomic E-state index is -2.43. The van der Waals surface area contributed by atoms with E-state index < -0.39 is 5.76 Å². The number of rotatable bonds is 3. The van der Waals surface area contributed by atoms with E-state index in [1.807, 2.05) is 7.05 Å². The molecule has 1 aromatic rings. The molecule has 0 bridgehead atoms. The Morgan fingerprint density at radius 2 is 1.74 bits per heavy atom. The normalized spacial score (nSPS) is 16.9. The smallest absolute Gasteiger partial charge is 0.288 e. The molecule has 104 valence electrons. The maximum absolute atomic E-state index is 12.2. The van der Waals surface area contributed by atoms with Crippen LogP contribution in [0.5, 0.6) is 0 Å². The molecule has 3 nitrogen and oxygen atoms in total. The van der Waals surface area contributed by atoms with Gasteiger partial charge in [0.15, 0.2) is 0 Å². The largest absolute Gasteiger partial charge is 0.336 e. The van der Waals surface area contributed by atoms with E-state index in [9.17, 15) is 13.6 Å². The van der Waals surface area contributed by atoms with E-state index in [4.69, 9.17) is 0 Å². The molecule has 0 N–H and O–H groups in total. The Hall–Kier alpha value is -1.14. The number of piperazine rings is 1. The molecule has 0 unspecified atom stereocenters. The molecule has 0 saturated carbocycles. The number of carbonyl (C=O) groups is 1. The molecule has 0 aromatic heterocycles. The van der Waals surface area contributed by atoms with Crippen LogP contribution < -0.4 is 0 Å². The maximum atomic E-state index is 12.2. The lowest BCUT2D eigenvalue weighted by Gasteiger charge is -2.32. The van der Waals surface area contributed by atoms with Gasteiger partial charge in [-0.2, -0.15) is 8.78 Å². The monoisotopic (exact) mass is 286 g/mol. The van der Waals surface area contributed by atoms with Crippen molar-refractivity contribution in [2.45, 2.75) is 10.7 Å². The molecule has 1 aliphatic rings. The number of nitrogens with zero attached hydrogens (tertiary/aromatic N) is 2. The lowest BCUT2D eigenvalue weighted by Crippen LogP contribution is -2.47. The Kier molecular flexibility index (Phi) is 4.76. The molecule has 1 amide bonds. The molecule has 1 heterocycles. The molecule has 0 radical (unpaired) electrons. The van der Waals surface area contributed by atoms with Crippen molar-refractivity contribution >= 4 is 17.7 Å². The van der Waals surface area contributed by atoms with Gasteiger partial charge in [-0.25, -0.2) is 0 Å². The molecule has 0 atom stereocenters. The van der Waals surface area contributed by atoms with Gasteiger partial charge in [-0.05, 0) is 31.3 Å². The molecule has 0 spiro atoms. The maximum Gasteiger partial charge on any atom is 0.288 e. The Labute approximate surface area is 115 Å². The van der Waals surface area contributed by atoms with E-state index in [2.05, 4.69) is 4.90 Å². The van der Waals surface area contributed by atoms with Crippen LogP contribution in [0.1, 0.15) is 10.4 Å². The van der Waals surface area contributed by atoms with E-state index in [1.165, 1.54) is 0 Å². The van der Waals surface area contributed by atoms with Crippen molar-refractivity contribution in [2.75, 3.05) is 33.2 Å². The molecule has 1 aromatic carbocycles. The summed E-state index contributed by atoms with van der Waals surface area (Å²) >= 11 is 0.490. The van der Waals surface area contributed by atoms with Crippen LogP contribution in [0.15, 0.2) is 29.2 Å². The van der Waals surface area contributed by atoms with Crippen LogP contribution in [0.4, 0.5) is 8.78 Å². The highest BCUT2D eigenvalue weighted by molar-refractivity contribution is 7.99. The quantitative estimate of drug-likeness (QED) is 0.797. The van der Waals surface area contributed by atoms with E-state index in [0.717, 1.165) is 13.1 Å². The topological polar surface area (TPSA) is 23.6 Å². The third-order valence-corrected chi connectivity index (χ3v) is 3.84. The summed E-state index contributed by atoms with van der Waals surface area (Å²) in [5.74, 6) is -2.46. The van der Waals surface area contributed by atoms with Gasteiger partial charge in [0.25, 0.3) is 11.7 Å². The molecule has 0 aliphatic carbocycles.